The fourth-order valence-electron chi connectivity index (χ4n) is 3.43. The third-order valence-electron chi connectivity index (χ3n) is 4.73. The lowest BCUT2D eigenvalue weighted by Gasteiger charge is -2.29. The zero-order chi connectivity index (χ0) is 14.4. The SMILES string of the molecule is CCCNCCC1(CCc2cc(Br)c(C)s2)CCCC1. The Labute approximate surface area is 136 Å². The Kier molecular flexibility index (Phi) is 6.57. The van der Waals surface area contributed by atoms with Crippen LogP contribution in [0.2, 0.25) is 0 Å². The van der Waals surface area contributed by atoms with Gasteiger partial charge in [0.15, 0.2) is 0 Å². The van der Waals surface area contributed by atoms with Crippen LogP contribution in [-0.2, 0) is 6.42 Å². The third kappa shape index (κ3) is 4.57. The summed E-state index contributed by atoms with van der Waals surface area (Å²) < 4.78 is 1.29. The third-order valence-corrected chi connectivity index (χ3v) is 6.93. The summed E-state index contributed by atoms with van der Waals surface area (Å²) in [6, 6.07) is 2.33. The Morgan fingerprint density at radius 3 is 2.60 bits per heavy atom. The molecule has 0 unspecified atom stereocenters. The van der Waals surface area contributed by atoms with Crippen LogP contribution >= 0.6 is 27.3 Å². The van der Waals surface area contributed by atoms with Crippen molar-refractivity contribution >= 4 is 27.3 Å². The normalized spacial score (nSPS) is 17.8. The van der Waals surface area contributed by atoms with Crippen molar-refractivity contribution in [3.05, 3.63) is 20.3 Å². The first-order valence-electron chi connectivity index (χ1n) is 8.11. The summed E-state index contributed by atoms with van der Waals surface area (Å²) in [5.74, 6) is 0. The van der Waals surface area contributed by atoms with Gasteiger partial charge in [0.25, 0.3) is 0 Å². The quantitative estimate of drug-likeness (QED) is 0.588. The molecule has 0 aromatic carbocycles. The molecule has 2 rings (SSSR count). The highest BCUT2D eigenvalue weighted by Crippen LogP contribution is 2.45. The van der Waals surface area contributed by atoms with Gasteiger partial charge in [-0.25, -0.2) is 0 Å². The molecule has 1 fully saturated rings. The first kappa shape index (κ1) is 16.5. The van der Waals surface area contributed by atoms with E-state index in [1.54, 1.807) is 4.88 Å². The number of hydrogen-bond acceptors (Lipinski definition) is 2. The molecule has 0 radical (unpaired) electrons. The molecule has 1 aromatic rings. The smallest absolute Gasteiger partial charge is 0.0314 e. The van der Waals surface area contributed by atoms with Gasteiger partial charge in [-0.05, 0) is 85.9 Å². The molecule has 1 aliphatic carbocycles. The predicted molar refractivity (Wildman–Crippen MR) is 93.8 cm³/mol. The highest BCUT2D eigenvalue weighted by Gasteiger charge is 2.32. The second-order valence-electron chi connectivity index (χ2n) is 6.32. The van der Waals surface area contributed by atoms with Crippen molar-refractivity contribution in [2.45, 2.75) is 65.2 Å². The van der Waals surface area contributed by atoms with Crippen LogP contribution in [0.15, 0.2) is 10.5 Å². The summed E-state index contributed by atoms with van der Waals surface area (Å²) in [5, 5.41) is 3.59. The van der Waals surface area contributed by atoms with Gasteiger partial charge in [-0.2, -0.15) is 0 Å². The molecular formula is C17H28BrNS. The monoisotopic (exact) mass is 357 g/mol. The Morgan fingerprint density at radius 2 is 2.00 bits per heavy atom. The van der Waals surface area contributed by atoms with Gasteiger partial charge in [0.1, 0.15) is 0 Å². The highest BCUT2D eigenvalue weighted by molar-refractivity contribution is 9.10. The van der Waals surface area contributed by atoms with E-state index >= 15 is 0 Å². The van der Waals surface area contributed by atoms with E-state index in [0.717, 1.165) is 0 Å². The molecule has 0 amide bonds. The van der Waals surface area contributed by atoms with Crippen molar-refractivity contribution in [2.24, 2.45) is 5.41 Å². The molecule has 0 aliphatic heterocycles. The maximum atomic E-state index is 3.64. The van der Waals surface area contributed by atoms with Gasteiger partial charge in [-0.15, -0.1) is 11.3 Å². The summed E-state index contributed by atoms with van der Waals surface area (Å²) in [7, 11) is 0. The first-order chi connectivity index (χ1) is 9.65. The van der Waals surface area contributed by atoms with E-state index in [1.807, 2.05) is 11.3 Å². The molecular weight excluding hydrogens is 330 g/mol. The van der Waals surface area contributed by atoms with Gasteiger partial charge in [0.2, 0.25) is 0 Å². The van der Waals surface area contributed by atoms with E-state index < -0.39 is 0 Å². The molecule has 20 heavy (non-hydrogen) atoms. The zero-order valence-electron chi connectivity index (χ0n) is 12.9. The van der Waals surface area contributed by atoms with Gasteiger partial charge < -0.3 is 5.32 Å². The molecule has 114 valence electrons. The molecule has 0 spiro atoms. The summed E-state index contributed by atoms with van der Waals surface area (Å²) in [6.45, 7) is 6.84. The minimum Gasteiger partial charge on any atom is -0.317 e. The van der Waals surface area contributed by atoms with Gasteiger partial charge >= 0.3 is 0 Å². The molecule has 1 aliphatic rings. The average Bonchev–Trinajstić information content (AvgIpc) is 3.02. The maximum absolute atomic E-state index is 3.64. The standard InChI is InChI=1S/C17H28BrNS/c1-3-11-19-12-10-17(7-4-5-8-17)9-6-15-13-16(18)14(2)20-15/h13,19H,3-12H2,1-2H3. The fourth-order valence-corrected chi connectivity index (χ4v) is 5.04. The van der Waals surface area contributed by atoms with Crippen molar-refractivity contribution in [1.82, 2.24) is 5.32 Å². The summed E-state index contributed by atoms with van der Waals surface area (Å²) in [4.78, 5) is 2.98. The molecule has 1 N–H and O–H groups in total. The van der Waals surface area contributed by atoms with Crippen LogP contribution in [0, 0.1) is 12.3 Å². The maximum Gasteiger partial charge on any atom is 0.0314 e. The summed E-state index contributed by atoms with van der Waals surface area (Å²) >= 11 is 5.61. The molecule has 3 heteroatoms. The molecule has 1 saturated carbocycles. The van der Waals surface area contributed by atoms with Gasteiger partial charge in [-0.3, -0.25) is 0 Å². The second-order valence-corrected chi connectivity index (χ2v) is 8.52. The van der Waals surface area contributed by atoms with Crippen LogP contribution in [-0.4, -0.2) is 13.1 Å². The average molecular weight is 358 g/mol. The van der Waals surface area contributed by atoms with E-state index in [2.05, 4.69) is 41.2 Å². The molecule has 1 heterocycles. The van der Waals surface area contributed by atoms with Crippen LogP contribution in [0.25, 0.3) is 0 Å². The lowest BCUT2D eigenvalue weighted by molar-refractivity contribution is 0.246. The number of thiophene rings is 1. The molecule has 1 nitrogen and oxygen atoms in total. The van der Waals surface area contributed by atoms with Crippen LogP contribution in [0.3, 0.4) is 0 Å². The van der Waals surface area contributed by atoms with E-state index in [0.29, 0.717) is 5.41 Å². The molecule has 0 bridgehead atoms. The number of nitrogens with one attached hydrogen (secondary N) is 1. The van der Waals surface area contributed by atoms with Gasteiger partial charge in [0.05, 0.1) is 0 Å². The van der Waals surface area contributed by atoms with Crippen LogP contribution in [0.5, 0.6) is 0 Å². The topological polar surface area (TPSA) is 12.0 Å². The fraction of sp³-hybridized carbons (Fsp3) is 0.765. The van der Waals surface area contributed by atoms with Crippen LogP contribution in [0.4, 0.5) is 0 Å². The van der Waals surface area contributed by atoms with Gasteiger partial charge in [-0.1, -0.05) is 19.8 Å². The Balaban J connectivity index is 1.85. The van der Waals surface area contributed by atoms with Crippen LogP contribution in [0.1, 0.15) is 61.6 Å². The Morgan fingerprint density at radius 1 is 1.25 bits per heavy atom. The Bertz CT molecular complexity index is 388. The number of aryl methyl sites for hydroxylation is 2. The highest BCUT2D eigenvalue weighted by atomic mass is 79.9. The van der Waals surface area contributed by atoms with Crippen LogP contribution < -0.4 is 5.32 Å². The van der Waals surface area contributed by atoms with Gasteiger partial charge in [0, 0.05) is 14.2 Å². The number of halogens is 1. The second kappa shape index (κ2) is 7.95. The van der Waals surface area contributed by atoms with Crippen molar-refractivity contribution in [2.75, 3.05) is 13.1 Å². The zero-order valence-corrected chi connectivity index (χ0v) is 15.3. The van der Waals surface area contributed by atoms with E-state index in [9.17, 15) is 0 Å². The largest absolute Gasteiger partial charge is 0.317 e. The summed E-state index contributed by atoms with van der Waals surface area (Å²) in [5.41, 5.74) is 0.630. The first-order valence-corrected chi connectivity index (χ1v) is 9.72. The summed E-state index contributed by atoms with van der Waals surface area (Å²) in [6.07, 6.45) is 11.1. The predicted octanol–water partition coefficient (Wildman–Crippen LogP) is 5.70. The molecule has 0 saturated heterocycles. The number of rotatable bonds is 8. The Hall–Kier alpha value is 0.140. The van der Waals surface area contributed by atoms with Crippen molar-refractivity contribution in [3.8, 4) is 0 Å². The lowest BCUT2D eigenvalue weighted by Crippen LogP contribution is -2.25. The van der Waals surface area contributed by atoms with Crippen molar-refractivity contribution in [1.29, 1.82) is 0 Å². The minimum atomic E-state index is 0.630. The molecule has 1 aromatic heterocycles. The molecule has 0 atom stereocenters. The lowest BCUT2D eigenvalue weighted by atomic mass is 9.78. The van der Waals surface area contributed by atoms with Crippen molar-refractivity contribution < 1.29 is 0 Å². The van der Waals surface area contributed by atoms with E-state index in [-0.39, 0.29) is 0 Å². The van der Waals surface area contributed by atoms with E-state index in [4.69, 9.17) is 0 Å². The van der Waals surface area contributed by atoms with E-state index in [1.165, 1.54) is 73.8 Å². The number of hydrogen-bond donors (Lipinski definition) is 1. The van der Waals surface area contributed by atoms with Crippen molar-refractivity contribution in [3.63, 3.8) is 0 Å². The minimum absolute atomic E-state index is 0.630.